The first kappa shape index (κ1) is 18.1. The number of carbonyl (C=O) groups excluding carboxylic acids is 2. The van der Waals surface area contributed by atoms with Crippen molar-refractivity contribution in [1.29, 1.82) is 0 Å². The van der Waals surface area contributed by atoms with Crippen LogP contribution in [-0.2, 0) is 7.53 Å². The van der Waals surface area contributed by atoms with E-state index in [2.05, 4.69) is 0 Å². The van der Waals surface area contributed by atoms with Crippen molar-refractivity contribution in [2.24, 2.45) is 0 Å². The summed E-state index contributed by atoms with van der Waals surface area (Å²) in [5.74, 6) is -6.59. The fraction of sp³-hybridized carbons (Fsp3) is 0. The molecule has 0 unspecified atom stereocenters. The Bertz CT molecular complexity index is 732. The van der Waals surface area contributed by atoms with Crippen LogP contribution in [0, 0.1) is 0 Å². The molecule has 25 heavy (non-hydrogen) atoms. The zero-order chi connectivity index (χ0) is 18.7. The van der Waals surface area contributed by atoms with Gasteiger partial charge in [0.25, 0.3) is 0 Å². The standard InChI is InChI=1S/C14H10GeO10/c16-7-1-5(2-8(17)11(7)20)13(22)24-15-25-14(23)6-3-9(18)12(21)10(19)4-6/h1-4,16-21H. The number of aromatic hydroxyl groups is 6. The van der Waals surface area contributed by atoms with E-state index in [9.17, 15) is 40.2 Å². The van der Waals surface area contributed by atoms with Gasteiger partial charge < -0.3 is 0 Å². The van der Waals surface area contributed by atoms with Gasteiger partial charge in [-0.3, -0.25) is 0 Å². The predicted molar refractivity (Wildman–Crippen MR) is 79.5 cm³/mol. The molecule has 0 aromatic heterocycles. The second kappa shape index (κ2) is 7.09. The summed E-state index contributed by atoms with van der Waals surface area (Å²) in [6.07, 6.45) is 0. The topological polar surface area (TPSA) is 174 Å². The first-order valence-corrected chi connectivity index (χ1v) is 8.09. The van der Waals surface area contributed by atoms with Crippen molar-refractivity contribution in [3.05, 3.63) is 35.4 Å². The average Bonchev–Trinajstić information content (AvgIpc) is 2.56. The molecule has 6 N–H and O–H groups in total. The van der Waals surface area contributed by atoms with E-state index in [0.29, 0.717) is 0 Å². The summed E-state index contributed by atoms with van der Waals surface area (Å²) in [6, 6.07) is 3.39. The van der Waals surface area contributed by atoms with E-state index in [-0.39, 0.29) is 11.1 Å². The second-order valence-corrected chi connectivity index (χ2v) is 5.79. The molecule has 2 rings (SSSR count). The van der Waals surface area contributed by atoms with Gasteiger partial charge in [0, 0.05) is 0 Å². The average molecular weight is 411 g/mol. The maximum absolute atomic E-state index is 11.7. The number of phenols is 6. The Balaban J connectivity index is 1.98. The molecule has 0 aliphatic carbocycles. The molecule has 0 aliphatic heterocycles. The molecule has 130 valence electrons. The second-order valence-electron chi connectivity index (χ2n) is 4.59. The monoisotopic (exact) mass is 412 g/mol. The molecule has 0 saturated carbocycles. The number of hydrogen-bond donors (Lipinski definition) is 6. The Labute approximate surface area is 146 Å². The zero-order valence-corrected chi connectivity index (χ0v) is 14.2. The number of phenolic OH excluding ortho intramolecular Hbond substituents is 6. The van der Waals surface area contributed by atoms with Crippen LogP contribution in [0.2, 0.25) is 0 Å². The van der Waals surface area contributed by atoms with Crippen LogP contribution < -0.4 is 0 Å². The van der Waals surface area contributed by atoms with E-state index in [1.807, 2.05) is 0 Å². The van der Waals surface area contributed by atoms with Gasteiger partial charge in [0.2, 0.25) is 0 Å². The van der Waals surface area contributed by atoms with Gasteiger partial charge in [0.1, 0.15) is 0 Å². The van der Waals surface area contributed by atoms with Gasteiger partial charge in [-0.2, -0.15) is 0 Å². The summed E-state index contributed by atoms with van der Waals surface area (Å²) in [6.45, 7) is 0. The summed E-state index contributed by atoms with van der Waals surface area (Å²) in [5.41, 5.74) is -0.569. The molecule has 0 saturated heterocycles. The minimum atomic E-state index is -2.06. The van der Waals surface area contributed by atoms with E-state index in [4.69, 9.17) is 7.53 Å². The molecule has 0 aliphatic rings. The third kappa shape index (κ3) is 3.98. The van der Waals surface area contributed by atoms with E-state index in [0.717, 1.165) is 24.3 Å². The van der Waals surface area contributed by atoms with Crippen molar-refractivity contribution in [3.8, 4) is 34.5 Å². The van der Waals surface area contributed by atoms with Crippen LogP contribution in [0.4, 0.5) is 0 Å². The van der Waals surface area contributed by atoms with Crippen molar-refractivity contribution in [3.63, 3.8) is 0 Å². The van der Waals surface area contributed by atoms with E-state index < -0.39 is 62.5 Å². The van der Waals surface area contributed by atoms with Crippen LogP contribution >= 0.6 is 0 Å². The molecule has 0 bridgehead atoms. The molecule has 0 atom stereocenters. The Morgan fingerprint density at radius 1 is 0.640 bits per heavy atom. The normalized spacial score (nSPS) is 10.2. The van der Waals surface area contributed by atoms with Gasteiger partial charge in [-0.25, -0.2) is 0 Å². The number of benzene rings is 2. The van der Waals surface area contributed by atoms with Gasteiger partial charge in [0.15, 0.2) is 0 Å². The van der Waals surface area contributed by atoms with Gasteiger partial charge in [-0.05, 0) is 0 Å². The predicted octanol–water partition coefficient (Wildman–Crippen LogP) is 0.468. The SMILES string of the molecule is O=C([O][Ge][O]C(=O)c1cc(O)c(O)c(O)c1)c1cc(O)c(O)c(O)c1. The molecule has 11 heteroatoms. The third-order valence-corrected chi connectivity index (χ3v) is 4.01. The van der Waals surface area contributed by atoms with Crippen LogP contribution in [0.25, 0.3) is 0 Å². The van der Waals surface area contributed by atoms with Crippen LogP contribution in [0.15, 0.2) is 24.3 Å². The third-order valence-electron chi connectivity index (χ3n) is 2.88. The number of carbonyl (C=O) groups is 2. The zero-order valence-electron chi connectivity index (χ0n) is 12.1. The molecule has 2 radical (unpaired) electrons. The molecule has 10 nitrogen and oxygen atoms in total. The molecule has 0 amide bonds. The Hall–Kier alpha value is -3.28. The van der Waals surface area contributed by atoms with Gasteiger partial charge in [0.05, 0.1) is 0 Å². The van der Waals surface area contributed by atoms with E-state index in [1.165, 1.54) is 0 Å². The molecular weight excluding hydrogens is 401 g/mol. The van der Waals surface area contributed by atoms with Crippen molar-refractivity contribution >= 4 is 28.0 Å². The van der Waals surface area contributed by atoms with E-state index >= 15 is 0 Å². The van der Waals surface area contributed by atoms with Gasteiger partial charge >= 0.3 is 146 Å². The quantitative estimate of drug-likeness (QED) is 0.307. The van der Waals surface area contributed by atoms with Crippen LogP contribution in [-0.4, -0.2) is 58.7 Å². The van der Waals surface area contributed by atoms with Crippen LogP contribution in [0.5, 0.6) is 34.5 Å². The maximum atomic E-state index is 11.7. The summed E-state index contributed by atoms with van der Waals surface area (Å²) in [7, 11) is 0. The van der Waals surface area contributed by atoms with Crippen molar-refractivity contribution in [1.82, 2.24) is 0 Å². The number of rotatable bonds is 4. The molecular formula is C14H10GeO10. The Morgan fingerprint density at radius 3 is 1.20 bits per heavy atom. The van der Waals surface area contributed by atoms with Gasteiger partial charge in [-0.1, -0.05) is 0 Å². The first-order chi connectivity index (χ1) is 11.7. The molecule has 0 fully saturated rings. The summed E-state index contributed by atoms with van der Waals surface area (Å²) < 4.78 is 9.44. The molecule has 2 aromatic carbocycles. The van der Waals surface area contributed by atoms with Crippen LogP contribution in [0.1, 0.15) is 20.7 Å². The van der Waals surface area contributed by atoms with E-state index in [1.54, 1.807) is 0 Å². The molecule has 0 heterocycles. The molecule has 2 aromatic rings. The van der Waals surface area contributed by atoms with Crippen LogP contribution in [0.3, 0.4) is 0 Å². The first-order valence-electron chi connectivity index (χ1n) is 6.38. The fourth-order valence-electron chi connectivity index (χ4n) is 1.66. The van der Waals surface area contributed by atoms with Crippen molar-refractivity contribution in [2.45, 2.75) is 0 Å². The summed E-state index contributed by atoms with van der Waals surface area (Å²) >= 11 is -2.06. The summed E-state index contributed by atoms with van der Waals surface area (Å²) in [4.78, 5) is 23.5. The summed E-state index contributed by atoms with van der Waals surface area (Å²) in [5, 5.41) is 55.6. The minimum absolute atomic E-state index is 0.285. The number of hydrogen-bond acceptors (Lipinski definition) is 10. The Morgan fingerprint density at radius 2 is 0.920 bits per heavy atom. The fourth-order valence-corrected chi connectivity index (χ4v) is 2.56. The van der Waals surface area contributed by atoms with Crippen molar-refractivity contribution < 1.29 is 47.8 Å². The molecule has 0 spiro atoms. The Kier molecular flexibility index (Phi) is 5.12. The van der Waals surface area contributed by atoms with Gasteiger partial charge in [-0.15, -0.1) is 0 Å². The van der Waals surface area contributed by atoms with Crippen molar-refractivity contribution in [2.75, 3.05) is 0 Å².